The molecule has 1 atom stereocenters. The first-order chi connectivity index (χ1) is 11.6. The van der Waals surface area contributed by atoms with E-state index in [4.69, 9.17) is 14.2 Å². The van der Waals surface area contributed by atoms with E-state index in [0.29, 0.717) is 27.6 Å². The molecule has 0 saturated heterocycles. The highest BCUT2D eigenvalue weighted by Crippen LogP contribution is 2.26. The molecule has 2 aromatic rings. The van der Waals surface area contributed by atoms with E-state index < -0.39 is 6.10 Å². The molecular formula is C18H21NO5. The van der Waals surface area contributed by atoms with Crippen molar-refractivity contribution in [2.75, 3.05) is 27.4 Å². The number of ether oxygens (including phenoxy) is 3. The van der Waals surface area contributed by atoms with Gasteiger partial charge in [0.15, 0.2) is 24.3 Å². The molecule has 128 valence electrons. The molecule has 0 aliphatic carbocycles. The monoisotopic (exact) mass is 331 g/mol. The minimum Gasteiger partial charge on any atom is -0.624 e. The van der Waals surface area contributed by atoms with E-state index in [1.807, 2.05) is 18.2 Å². The van der Waals surface area contributed by atoms with E-state index >= 15 is 0 Å². The molecule has 2 aromatic carbocycles. The predicted molar refractivity (Wildman–Crippen MR) is 91.2 cm³/mol. The highest BCUT2D eigenvalue weighted by Gasteiger charge is 2.11. The SMILES string of the molecule is COc1ccc(/C=[N+](\[O-])C[C@H](O)COc2ccccc2)cc1OC. The smallest absolute Gasteiger partial charge is 0.182 e. The Bertz CT molecular complexity index is 672. The van der Waals surface area contributed by atoms with Gasteiger partial charge in [0.05, 0.1) is 14.2 Å². The standard InChI is InChI=1S/C18H21NO5/c1-22-17-9-8-14(10-18(17)23-2)11-19(21)12-15(20)13-24-16-6-4-3-5-7-16/h3-11,15,20H,12-13H2,1-2H3/b19-11-/t15-/m0/s1. The quantitative estimate of drug-likeness (QED) is 0.347. The van der Waals surface area contributed by atoms with Crippen LogP contribution in [-0.4, -0.2) is 49.5 Å². The number of hydrogen-bond donors (Lipinski definition) is 1. The molecular weight excluding hydrogens is 310 g/mol. The zero-order valence-electron chi connectivity index (χ0n) is 13.7. The Hall–Kier alpha value is -2.73. The number of methoxy groups -OCH3 is 2. The number of nitrogens with zero attached hydrogens (tertiary/aromatic N) is 1. The van der Waals surface area contributed by atoms with Gasteiger partial charge < -0.3 is 24.5 Å². The van der Waals surface area contributed by atoms with Crippen LogP contribution in [0.2, 0.25) is 0 Å². The van der Waals surface area contributed by atoms with Crippen molar-refractivity contribution in [1.82, 2.24) is 0 Å². The minimum atomic E-state index is -0.904. The molecule has 0 saturated carbocycles. The van der Waals surface area contributed by atoms with Crippen molar-refractivity contribution in [2.24, 2.45) is 0 Å². The molecule has 0 radical (unpaired) electrons. The number of rotatable bonds is 8. The third-order valence-corrected chi connectivity index (χ3v) is 3.28. The van der Waals surface area contributed by atoms with Gasteiger partial charge in [-0.1, -0.05) is 18.2 Å². The van der Waals surface area contributed by atoms with Crippen molar-refractivity contribution < 1.29 is 24.1 Å². The fourth-order valence-corrected chi connectivity index (χ4v) is 2.12. The fourth-order valence-electron chi connectivity index (χ4n) is 2.12. The van der Waals surface area contributed by atoms with Crippen molar-refractivity contribution in [3.63, 3.8) is 0 Å². The molecule has 0 aliphatic rings. The van der Waals surface area contributed by atoms with Gasteiger partial charge in [-0.15, -0.1) is 0 Å². The number of para-hydroxylation sites is 1. The van der Waals surface area contributed by atoms with Crippen molar-refractivity contribution >= 4 is 6.21 Å². The van der Waals surface area contributed by atoms with Crippen LogP contribution in [0, 0.1) is 5.21 Å². The van der Waals surface area contributed by atoms with Crippen LogP contribution in [0.4, 0.5) is 0 Å². The molecule has 0 heterocycles. The second-order valence-electron chi connectivity index (χ2n) is 5.12. The van der Waals surface area contributed by atoms with Crippen molar-refractivity contribution in [3.8, 4) is 17.2 Å². The zero-order chi connectivity index (χ0) is 17.4. The first-order valence-corrected chi connectivity index (χ1v) is 7.49. The van der Waals surface area contributed by atoms with E-state index in [-0.39, 0.29) is 13.2 Å². The molecule has 2 rings (SSSR count). The maximum absolute atomic E-state index is 12.0. The van der Waals surface area contributed by atoms with Gasteiger partial charge in [-0.3, -0.25) is 0 Å². The summed E-state index contributed by atoms with van der Waals surface area (Å²) in [6.45, 7) is -0.0519. The van der Waals surface area contributed by atoms with E-state index in [1.165, 1.54) is 13.3 Å². The summed E-state index contributed by atoms with van der Waals surface area (Å²) < 4.78 is 16.4. The molecule has 24 heavy (non-hydrogen) atoms. The molecule has 6 heteroatoms. The zero-order valence-corrected chi connectivity index (χ0v) is 13.7. The maximum Gasteiger partial charge on any atom is 0.182 e. The lowest BCUT2D eigenvalue weighted by molar-refractivity contribution is -0.464. The Labute approximate surface area is 141 Å². The lowest BCUT2D eigenvalue weighted by atomic mass is 10.2. The highest BCUT2D eigenvalue weighted by atomic mass is 16.5. The van der Waals surface area contributed by atoms with Gasteiger partial charge in [0.1, 0.15) is 18.5 Å². The predicted octanol–water partition coefficient (Wildman–Crippen LogP) is 2.07. The van der Waals surface area contributed by atoms with E-state index in [2.05, 4.69) is 0 Å². The molecule has 0 unspecified atom stereocenters. The minimum absolute atomic E-state index is 0.0442. The first-order valence-electron chi connectivity index (χ1n) is 7.49. The summed E-state index contributed by atoms with van der Waals surface area (Å²) in [7, 11) is 3.07. The van der Waals surface area contributed by atoms with Crippen molar-refractivity contribution in [3.05, 3.63) is 59.3 Å². The summed E-state index contributed by atoms with van der Waals surface area (Å²) in [5.74, 6) is 1.77. The molecule has 0 fully saturated rings. The van der Waals surface area contributed by atoms with Crippen LogP contribution >= 0.6 is 0 Å². The number of aliphatic hydroxyl groups is 1. The Kier molecular flexibility index (Phi) is 6.45. The molecule has 1 N–H and O–H groups in total. The Morgan fingerprint density at radius 1 is 1.08 bits per heavy atom. The van der Waals surface area contributed by atoms with Crippen LogP contribution in [0.3, 0.4) is 0 Å². The number of aliphatic hydroxyl groups excluding tert-OH is 1. The third kappa shape index (κ3) is 5.17. The summed E-state index contributed by atoms with van der Waals surface area (Å²) in [6, 6.07) is 14.3. The molecule has 0 bridgehead atoms. The van der Waals surface area contributed by atoms with Crippen LogP contribution in [-0.2, 0) is 0 Å². The average Bonchev–Trinajstić information content (AvgIpc) is 2.60. The summed E-state index contributed by atoms with van der Waals surface area (Å²) in [5.41, 5.74) is 0.652. The van der Waals surface area contributed by atoms with Gasteiger partial charge in [-0.25, -0.2) is 4.74 Å². The normalized spacial score (nSPS) is 12.5. The lowest BCUT2D eigenvalue weighted by Gasteiger charge is -2.12. The van der Waals surface area contributed by atoms with Gasteiger partial charge >= 0.3 is 0 Å². The highest BCUT2D eigenvalue weighted by molar-refractivity contribution is 5.77. The molecule has 0 amide bonds. The second-order valence-corrected chi connectivity index (χ2v) is 5.12. The van der Waals surface area contributed by atoms with Gasteiger partial charge in [-0.05, 0) is 30.3 Å². The van der Waals surface area contributed by atoms with E-state index in [9.17, 15) is 10.3 Å². The summed E-state index contributed by atoms with van der Waals surface area (Å²) in [4.78, 5) is 0. The van der Waals surface area contributed by atoms with E-state index in [0.717, 1.165) is 0 Å². The van der Waals surface area contributed by atoms with E-state index in [1.54, 1.807) is 37.4 Å². The third-order valence-electron chi connectivity index (χ3n) is 3.28. The number of hydrogen-bond acceptors (Lipinski definition) is 5. The topological polar surface area (TPSA) is 74.0 Å². The van der Waals surface area contributed by atoms with Crippen LogP contribution < -0.4 is 14.2 Å². The number of benzene rings is 2. The molecule has 6 nitrogen and oxygen atoms in total. The Balaban J connectivity index is 1.93. The number of hydroxylamine groups is 1. The molecule has 0 aromatic heterocycles. The van der Waals surface area contributed by atoms with Crippen LogP contribution in [0.15, 0.2) is 48.5 Å². The van der Waals surface area contributed by atoms with Crippen molar-refractivity contribution in [1.29, 1.82) is 0 Å². The lowest BCUT2D eigenvalue weighted by Crippen LogP contribution is -2.27. The second kappa shape index (κ2) is 8.79. The maximum atomic E-state index is 12.0. The summed E-state index contributed by atoms with van der Waals surface area (Å²) >= 11 is 0. The first kappa shape index (κ1) is 17.6. The Morgan fingerprint density at radius 2 is 1.79 bits per heavy atom. The van der Waals surface area contributed by atoms with Gasteiger partial charge in [0.2, 0.25) is 0 Å². The molecule has 0 spiro atoms. The van der Waals surface area contributed by atoms with Crippen LogP contribution in [0.25, 0.3) is 0 Å². The van der Waals surface area contributed by atoms with Crippen molar-refractivity contribution in [2.45, 2.75) is 6.10 Å². The van der Waals surface area contributed by atoms with Crippen LogP contribution in [0.5, 0.6) is 17.2 Å². The van der Waals surface area contributed by atoms with Crippen LogP contribution in [0.1, 0.15) is 5.56 Å². The largest absolute Gasteiger partial charge is 0.624 e. The van der Waals surface area contributed by atoms with Gasteiger partial charge in [0, 0.05) is 5.56 Å². The Morgan fingerprint density at radius 3 is 2.46 bits per heavy atom. The van der Waals surface area contributed by atoms with Gasteiger partial charge in [-0.2, -0.15) is 0 Å². The average molecular weight is 331 g/mol. The summed E-state index contributed by atoms with van der Waals surface area (Å²) in [6.07, 6.45) is 0.479. The fraction of sp³-hybridized carbons (Fsp3) is 0.278. The molecule has 0 aliphatic heterocycles. The summed E-state index contributed by atoms with van der Waals surface area (Å²) in [5, 5.41) is 21.9. The van der Waals surface area contributed by atoms with Gasteiger partial charge in [0.25, 0.3) is 0 Å².